The largest absolute Gasteiger partial charge is 0.312 e. The van der Waals surface area contributed by atoms with Crippen molar-refractivity contribution in [2.24, 2.45) is 5.92 Å². The van der Waals surface area contributed by atoms with E-state index in [0.29, 0.717) is 0 Å². The van der Waals surface area contributed by atoms with Crippen molar-refractivity contribution in [2.75, 3.05) is 11.9 Å². The van der Waals surface area contributed by atoms with Gasteiger partial charge in [-0.15, -0.1) is 0 Å². The van der Waals surface area contributed by atoms with Crippen LogP contribution in [0.1, 0.15) is 13.8 Å². The van der Waals surface area contributed by atoms with Crippen molar-refractivity contribution in [1.29, 1.82) is 0 Å². The molecule has 2 heterocycles. The Bertz CT molecular complexity index is 533. The molecule has 2 rings (SSSR count). The maximum absolute atomic E-state index is 11.9. The van der Waals surface area contributed by atoms with Gasteiger partial charge in [-0.05, 0) is 12.1 Å². The van der Waals surface area contributed by atoms with E-state index in [-0.39, 0.29) is 11.8 Å². The van der Waals surface area contributed by atoms with Crippen molar-refractivity contribution in [3.05, 3.63) is 36.9 Å². The zero-order chi connectivity index (χ0) is 13.1. The molecule has 0 saturated heterocycles. The van der Waals surface area contributed by atoms with Crippen LogP contribution in [0.15, 0.2) is 36.9 Å². The molecule has 94 valence electrons. The molecule has 5 heteroatoms. The maximum Gasteiger partial charge on any atom is 0.229 e. The number of rotatable bonds is 3. The first-order chi connectivity index (χ1) is 8.59. The molecule has 2 aromatic rings. The van der Waals surface area contributed by atoms with Crippen LogP contribution in [0.3, 0.4) is 0 Å². The first-order valence-corrected chi connectivity index (χ1v) is 5.82. The summed E-state index contributed by atoms with van der Waals surface area (Å²) in [4.78, 5) is 17.5. The molecule has 2 aromatic heterocycles. The molecular formula is C13H16N4O. The summed E-state index contributed by atoms with van der Waals surface area (Å²) >= 11 is 0. The smallest absolute Gasteiger partial charge is 0.229 e. The van der Waals surface area contributed by atoms with Gasteiger partial charge < -0.3 is 4.90 Å². The highest BCUT2D eigenvalue weighted by molar-refractivity contribution is 5.93. The number of carbonyl (C=O) groups excluding carboxylic acids is 1. The van der Waals surface area contributed by atoms with E-state index >= 15 is 0 Å². The first kappa shape index (κ1) is 12.3. The number of nitrogens with zero attached hydrogens (tertiary/aromatic N) is 4. The summed E-state index contributed by atoms with van der Waals surface area (Å²) in [6, 6.07) is 3.76. The van der Waals surface area contributed by atoms with E-state index in [2.05, 4.69) is 10.1 Å². The van der Waals surface area contributed by atoms with Gasteiger partial charge in [0.25, 0.3) is 0 Å². The van der Waals surface area contributed by atoms with Crippen molar-refractivity contribution in [3.8, 4) is 5.69 Å². The molecule has 0 unspecified atom stereocenters. The molecule has 0 N–H and O–H groups in total. The molecule has 0 aliphatic rings. The minimum atomic E-state index is -0.0308. The zero-order valence-electron chi connectivity index (χ0n) is 10.7. The van der Waals surface area contributed by atoms with Crippen molar-refractivity contribution < 1.29 is 4.79 Å². The summed E-state index contributed by atoms with van der Waals surface area (Å²) in [5.41, 5.74) is 1.65. The molecule has 0 bridgehead atoms. The van der Waals surface area contributed by atoms with Gasteiger partial charge in [0.05, 0.1) is 30.0 Å². The molecule has 0 aliphatic heterocycles. The molecule has 1 amide bonds. The third kappa shape index (κ3) is 2.40. The Hall–Kier alpha value is -2.17. The molecule has 0 fully saturated rings. The fraction of sp³-hybridized carbons (Fsp3) is 0.308. The van der Waals surface area contributed by atoms with Gasteiger partial charge in [0.15, 0.2) is 0 Å². The van der Waals surface area contributed by atoms with Gasteiger partial charge >= 0.3 is 0 Å². The van der Waals surface area contributed by atoms with Crippen LogP contribution in [0.4, 0.5) is 5.69 Å². The van der Waals surface area contributed by atoms with Gasteiger partial charge in [0, 0.05) is 19.2 Å². The Balaban J connectivity index is 2.24. The second kappa shape index (κ2) is 5.00. The summed E-state index contributed by atoms with van der Waals surface area (Å²) in [6.45, 7) is 3.76. The fourth-order valence-electron chi connectivity index (χ4n) is 1.63. The molecule has 0 aliphatic carbocycles. The molecular weight excluding hydrogens is 228 g/mol. The van der Waals surface area contributed by atoms with Gasteiger partial charge in [-0.3, -0.25) is 9.78 Å². The van der Waals surface area contributed by atoms with Crippen molar-refractivity contribution in [3.63, 3.8) is 0 Å². The first-order valence-electron chi connectivity index (χ1n) is 5.82. The molecule has 0 spiro atoms. The van der Waals surface area contributed by atoms with Crippen LogP contribution >= 0.6 is 0 Å². The monoisotopic (exact) mass is 244 g/mol. The van der Waals surface area contributed by atoms with Crippen LogP contribution in [0, 0.1) is 5.92 Å². The zero-order valence-corrected chi connectivity index (χ0v) is 10.7. The van der Waals surface area contributed by atoms with Crippen LogP contribution in [-0.4, -0.2) is 27.7 Å². The van der Waals surface area contributed by atoms with Crippen LogP contribution < -0.4 is 4.90 Å². The topological polar surface area (TPSA) is 51.0 Å². The SMILES string of the molecule is CC(C)C(=O)N(C)c1cnn(-c2cccnc2)c1. The van der Waals surface area contributed by atoms with E-state index in [1.807, 2.05) is 32.2 Å². The Labute approximate surface area is 106 Å². The van der Waals surface area contributed by atoms with Crippen molar-refractivity contribution in [1.82, 2.24) is 14.8 Å². The number of aromatic nitrogens is 3. The molecule has 0 aromatic carbocycles. The summed E-state index contributed by atoms with van der Waals surface area (Å²) < 4.78 is 1.70. The lowest BCUT2D eigenvalue weighted by atomic mass is 10.2. The number of amides is 1. The summed E-state index contributed by atoms with van der Waals surface area (Å²) in [7, 11) is 1.76. The average Bonchev–Trinajstić information content (AvgIpc) is 2.87. The van der Waals surface area contributed by atoms with E-state index in [0.717, 1.165) is 11.4 Å². The van der Waals surface area contributed by atoms with E-state index in [1.54, 1.807) is 35.2 Å². The third-order valence-electron chi connectivity index (χ3n) is 2.69. The second-order valence-corrected chi connectivity index (χ2v) is 4.41. The lowest BCUT2D eigenvalue weighted by Crippen LogP contribution is -2.29. The predicted octanol–water partition coefficient (Wildman–Crippen LogP) is 1.89. The Kier molecular flexibility index (Phi) is 3.41. The highest BCUT2D eigenvalue weighted by Gasteiger charge is 2.16. The van der Waals surface area contributed by atoms with E-state index in [1.165, 1.54) is 0 Å². The minimum absolute atomic E-state index is 0.0308. The number of hydrogen-bond acceptors (Lipinski definition) is 3. The molecule has 18 heavy (non-hydrogen) atoms. The maximum atomic E-state index is 11.9. The molecule has 0 saturated carbocycles. The average molecular weight is 244 g/mol. The lowest BCUT2D eigenvalue weighted by Gasteiger charge is -2.16. The van der Waals surface area contributed by atoms with E-state index in [9.17, 15) is 4.79 Å². The van der Waals surface area contributed by atoms with Crippen LogP contribution in [0.25, 0.3) is 5.69 Å². The van der Waals surface area contributed by atoms with E-state index in [4.69, 9.17) is 0 Å². The van der Waals surface area contributed by atoms with Gasteiger partial charge in [-0.2, -0.15) is 5.10 Å². The molecule has 5 nitrogen and oxygen atoms in total. The Morgan fingerprint density at radius 3 is 2.78 bits per heavy atom. The molecule has 0 radical (unpaired) electrons. The normalized spacial score (nSPS) is 10.7. The van der Waals surface area contributed by atoms with Gasteiger partial charge in [-0.25, -0.2) is 4.68 Å². The summed E-state index contributed by atoms with van der Waals surface area (Å²) in [6.07, 6.45) is 6.92. The highest BCUT2D eigenvalue weighted by atomic mass is 16.2. The summed E-state index contributed by atoms with van der Waals surface area (Å²) in [5, 5.41) is 4.23. The van der Waals surface area contributed by atoms with Gasteiger partial charge in [0.1, 0.15) is 0 Å². The van der Waals surface area contributed by atoms with Crippen LogP contribution in [-0.2, 0) is 4.79 Å². The van der Waals surface area contributed by atoms with Gasteiger partial charge in [-0.1, -0.05) is 13.8 Å². The van der Waals surface area contributed by atoms with Crippen LogP contribution in [0.2, 0.25) is 0 Å². The lowest BCUT2D eigenvalue weighted by molar-refractivity contribution is -0.121. The standard InChI is InChI=1S/C13H16N4O/c1-10(2)13(18)16(3)12-8-15-17(9-12)11-5-4-6-14-7-11/h4-10H,1-3H3. The van der Waals surface area contributed by atoms with E-state index < -0.39 is 0 Å². The number of hydrogen-bond donors (Lipinski definition) is 0. The number of pyridine rings is 1. The second-order valence-electron chi connectivity index (χ2n) is 4.41. The van der Waals surface area contributed by atoms with Crippen molar-refractivity contribution in [2.45, 2.75) is 13.8 Å². The Morgan fingerprint density at radius 2 is 2.17 bits per heavy atom. The van der Waals surface area contributed by atoms with Crippen LogP contribution in [0.5, 0.6) is 0 Å². The number of carbonyl (C=O) groups is 1. The fourth-order valence-corrected chi connectivity index (χ4v) is 1.63. The highest BCUT2D eigenvalue weighted by Crippen LogP contribution is 2.16. The quantitative estimate of drug-likeness (QED) is 0.828. The number of anilines is 1. The van der Waals surface area contributed by atoms with Gasteiger partial charge in [0.2, 0.25) is 5.91 Å². The third-order valence-corrected chi connectivity index (χ3v) is 2.69. The van der Waals surface area contributed by atoms with Crippen molar-refractivity contribution >= 4 is 11.6 Å². The predicted molar refractivity (Wildman–Crippen MR) is 69.6 cm³/mol. The Morgan fingerprint density at radius 1 is 1.39 bits per heavy atom. The molecule has 0 atom stereocenters. The summed E-state index contributed by atoms with van der Waals surface area (Å²) in [5.74, 6) is 0.0393. The minimum Gasteiger partial charge on any atom is -0.312 e.